The smallest absolute Gasteiger partial charge is 0.233 e. The third kappa shape index (κ3) is 1.91. The summed E-state index contributed by atoms with van der Waals surface area (Å²) in [6, 6.07) is 0. The molecular formula is C14H21NO4. The Morgan fingerprint density at radius 1 is 1.26 bits per heavy atom. The zero-order chi connectivity index (χ0) is 13.8. The monoisotopic (exact) mass is 267 g/mol. The predicted molar refractivity (Wildman–Crippen MR) is 67.1 cm³/mol. The van der Waals surface area contributed by atoms with Crippen LogP contribution in [0.5, 0.6) is 0 Å². The molecule has 2 saturated heterocycles. The molecule has 5 heteroatoms. The molecule has 106 valence electrons. The van der Waals surface area contributed by atoms with Crippen LogP contribution in [0.15, 0.2) is 0 Å². The first-order chi connectivity index (χ1) is 8.92. The van der Waals surface area contributed by atoms with E-state index in [4.69, 9.17) is 4.74 Å². The number of carbonyl (C=O) groups excluding carboxylic acids is 2. The van der Waals surface area contributed by atoms with Crippen molar-refractivity contribution >= 4 is 11.8 Å². The van der Waals surface area contributed by atoms with Gasteiger partial charge in [-0.05, 0) is 25.7 Å². The molecule has 1 aliphatic carbocycles. The van der Waals surface area contributed by atoms with E-state index in [1.165, 1.54) is 4.90 Å². The minimum atomic E-state index is -1.07. The minimum Gasteiger partial charge on any atom is -0.385 e. The maximum absolute atomic E-state index is 12.3. The van der Waals surface area contributed by atoms with Crippen LogP contribution in [0.25, 0.3) is 0 Å². The van der Waals surface area contributed by atoms with Gasteiger partial charge in [0.15, 0.2) is 0 Å². The SMILES string of the molecule is CC1CC2C(=O)N(CC3(O)CCOC3C)C(=O)C2C1. The number of nitrogens with zero attached hydrogens (tertiary/aromatic N) is 1. The van der Waals surface area contributed by atoms with Crippen LogP contribution in [-0.4, -0.2) is 46.7 Å². The number of hydrogen-bond acceptors (Lipinski definition) is 4. The van der Waals surface area contributed by atoms with Crippen molar-refractivity contribution in [1.29, 1.82) is 0 Å². The molecule has 0 aromatic rings. The number of hydrogen-bond donors (Lipinski definition) is 1. The molecule has 19 heavy (non-hydrogen) atoms. The van der Waals surface area contributed by atoms with Gasteiger partial charge in [0.1, 0.15) is 5.60 Å². The molecule has 3 fully saturated rings. The Kier molecular flexibility index (Phi) is 2.94. The van der Waals surface area contributed by atoms with Gasteiger partial charge < -0.3 is 9.84 Å². The van der Waals surface area contributed by atoms with Crippen molar-refractivity contribution in [3.05, 3.63) is 0 Å². The molecule has 4 atom stereocenters. The second-order valence-corrected chi connectivity index (χ2v) is 6.42. The summed E-state index contributed by atoms with van der Waals surface area (Å²) in [4.78, 5) is 25.9. The van der Waals surface area contributed by atoms with Crippen molar-refractivity contribution in [3.63, 3.8) is 0 Å². The highest BCUT2D eigenvalue weighted by Gasteiger charge is 2.54. The fraction of sp³-hybridized carbons (Fsp3) is 0.857. The van der Waals surface area contributed by atoms with Crippen molar-refractivity contribution in [2.24, 2.45) is 17.8 Å². The third-order valence-corrected chi connectivity index (χ3v) is 5.06. The summed E-state index contributed by atoms with van der Waals surface area (Å²) in [6.07, 6.45) is 1.76. The van der Waals surface area contributed by atoms with Gasteiger partial charge in [-0.2, -0.15) is 0 Å². The molecule has 2 heterocycles. The average molecular weight is 267 g/mol. The van der Waals surface area contributed by atoms with E-state index < -0.39 is 5.60 Å². The standard InChI is InChI=1S/C14H21NO4/c1-8-5-10-11(6-8)13(17)15(12(10)16)7-14(18)3-4-19-9(14)2/h8-11,18H,3-7H2,1-2H3. The van der Waals surface area contributed by atoms with Crippen LogP contribution in [-0.2, 0) is 14.3 Å². The number of aliphatic hydroxyl groups is 1. The van der Waals surface area contributed by atoms with Crippen LogP contribution in [0.4, 0.5) is 0 Å². The highest BCUT2D eigenvalue weighted by atomic mass is 16.5. The lowest BCUT2D eigenvalue weighted by Gasteiger charge is -2.30. The minimum absolute atomic E-state index is 0.0905. The summed E-state index contributed by atoms with van der Waals surface area (Å²) in [7, 11) is 0. The molecule has 0 aromatic carbocycles. The first-order valence-electron chi connectivity index (χ1n) is 7.11. The van der Waals surface area contributed by atoms with E-state index in [9.17, 15) is 14.7 Å². The van der Waals surface area contributed by atoms with Gasteiger partial charge >= 0.3 is 0 Å². The summed E-state index contributed by atoms with van der Waals surface area (Å²) >= 11 is 0. The van der Waals surface area contributed by atoms with Crippen LogP contribution in [0.3, 0.4) is 0 Å². The molecule has 1 saturated carbocycles. The number of carbonyl (C=O) groups is 2. The highest BCUT2D eigenvalue weighted by molar-refractivity contribution is 6.05. The lowest BCUT2D eigenvalue weighted by atomic mass is 9.96. The van der Waals surface area contributed by atoms with Gasteiger partial charge in [-0.3, -0.25) is 14.5 Å². The number of fused-ring (bicyclic) bond motifs is 1. The molecule has 1 N–H and O–H groups in total. The lowest BCUT2D eigenvalue weighted by Crippen LogP contribution is -2.50. The van der Waals surface area contributed by atoms with Crippen LogP contribution < -0.4 is 0 Å². The summed E-state index contributed by atoms with van der Waals surface area (Å²) in [5, 5.41) is 10.5. The van der Waals surface area contributed by atoms with Gasteiger partial charge in [0, 0.05) is 13.0 Å². The Morgan fingerprint density at radius 2 is 1.84 bits per heavy atom. The number of rotatable bonds is 2. The van der Waals surface area contributed by atoms with Crippen molar-refractivity contribution in [3.8, 4) is 0 Å². The molecule has 0 radical (unpaired) electrons. The van der Waals surface area contributed by atoms with E-state index in [0.717, 1.165) is 12.8 Å². The van der Waals surface area contributed by atoms with Crippen LogP contribution in [0.1, 0.15) is 33.1 Å². The van der Waals surface area contributed by atoms with Gasteiger partial charge in [-0.15, -0.1) is 0 Å². The average Bonchev–Trinajstić information content (AvgIpc) is 2.94. The maximum atomic E-state index is 12.3. The van der Waals surface area contributed by atoms with Crippen molar-refractivity contribution < 1.29 is 19.4 Å². The van der Waals surface area contributed by atoms with Gasteiger partial charge in [0.2, 0.25) is 11.8 Å². The van der Waals surface area contributed by atoms with Crippen LogP contribution >= 0.6 is 0 Å². The largest absolute Gasteiger partial charge is 0.385 e. The van der Waals surface area contributed by atoms with Crippen LogP contribution in [0.2, 0.25) is 0 Å². The molecule has 0 bridgehead atoms. The fourth-order valence-corrected chi connectivity index (χ4v) is 3.75. The number of β-amino-alcohol motifs (C(OH)–C–C–N with tert-alkyl or cyclic N) is 1. The van der Waals surface area contributed by atoms with Gasteiger partial charge in [-0.1, -0.05) is 6.92 Å². The summed E-state index contributed by atoms with van der Waals surface area (Å²) in [5.41, 5.74) is -1.07. The molecule has 0 spiro atoms. The van der Waals surface area contributed by atoms with Crippen molar-refractivity contribution in [1.82, 2.24) is 4.90 Å². The first kappa shape index (κ1) is 13.1. The summed E-state index contributed by atoms with van der Waals surface area (Å²) in [6.45, 7) is 4.45. The fourth-order valence-electron chi connectivity index (χ4n) is 3.75. The third-order valence-electron chi connectivity index (χ3n) is 5.06. The molecule has 2 amide bonds. The first-order valence-corrected chi connectivity index (χ1v) is 7.11. The van der Waals surface area contributed by atoms with Gasteiger partial charge in [-0.25, -0.2) is 0 Å². The Morgan fingerprint density at radius 3 is 2.32 bits per heavy atom. The van der Waals surface area contributed by atoms with Crippen molar-refractivity contribution in [2.75, 3.05) is 13.2 Å². The molecule has 0 aromatic heterocycles. The summed E-state index contributed by atoms with van der Waals surface area (Å²) in [5.74, 6) is -0.0342. The topological polar surface area (TPSA) is 66.8 Å². The molecule has 3 aliphatic rings. The Labute approximate surface area is 112 Å². The molecule has 2 aliphatic heterocycles. The Hall–Kier alpha value is -0.940. The number of likely N-dealkylation sites (tertiary alicyclic amines) is 1. The number of ether oxygens (including phenoxy) is 1. The van der Waals surface area contributed by atoms with E-state index in [1.807, 2.05) is 0 Å². The number of imide groups is 1. The second kappa shape index (κ2) is 4.28. The van der Waals surface area contributed by atoms with Crippen LogP contribution in [0, 0.1) is 17.8 Å². The highest BCUT2D eigenvalue weighted by Crippen LogP contribution is 2.43. The van der Waals surface area contributed by atoms with E-state index >= 15 is 0 Å². The van der Waals surface area contributed by atoms with E-state index in [2.05, 4.69) is 6.92 Å². The second-order valence-electron chi connectivity index (χ2n) is 6.42. The Bertz CT molecular complexity index is 400. The normalized spacial score (nSPS) is 46.2. The van der Waals surface area contributed by atoms with E-state index in [1.54, 1.807) is 6.92 Å². The quantitative estimate of drug-likeness (QED) is 0.742. The maximum Gasteiger partial charge on any atom is 0.233 e. The molecule has 5 nitrogen and oxygen atoms in total. The zero-order valence-electron chi connectivity index (χ0n) is 11.5. The van der Waals surface area contributed by atoms with E-state index in [-0.39, 0.29) is 36.3 Å². The molecule has 3 rings (SSSR count). The van der Waals surface area contributed by atoms with Crippen molar-refractivity contribution in [2.45, 2.75) is 44.8 Å². The molecule has 4 unspecified atom stereocenters. The van der Waals surface area contributed by atoms with Gasteiger partial charge in [0.05, 0.1) is 24.5 Å². The van der Waals surface area contributed by atoms with Gasteiger partial charge in [0.25, 0.3) is 0 Å². The van der Waals surface area contributed by atoms with E-state index in [0.29, 0.717) is 18.9 Å². The number of amides is 2. The Balaban J connectivity index is 1.76. The summed E-state index contributed by atoms with van der Waals surface area (Å²) < 4.78 is 5.36. The zero-order valence-corrected chi connectivity index (χ0v) is 11.5. The molecular weight excluding hydrogens is 246 g/mol. The predicted octanol–water partition coefficient (Wildman–Crippen LogP) is 0.557. The lowest BCUT2D eigenvalue weighted by molar-refractivity contribution is -0.146.